The third-order valence-electron chi connectivity index (χ3n) is 9.62. The predicted molar refractivity (Wildman–Crippen MR) is 216 cm³/mol. The van der Waals surface area contributed by atoms with Gasteiger partial charge in [-0.1, -0.05) is 170 Å². The first-order valence-electron chi connectivity index (χ1n) is 19.1. The minimum atomic E-state index is -0.609. The summed E-state index contributed by atoms with van der Waals surface area (Å²) in [4.78, 5) is 0. The fraction of sp³-hybridized carbons (Fsp3) is 0.467. The summed E-state index contributed by atoms with van der Waals surface area (Å²) in [6.45, 7) is 11.8. The lowest BCUT2D eigenvalue weighted by atomic mass is 10.1. The molecule has 0 aliphatic carbocycles. The molecular formula is C45H62P2. The molecule has 4 rings (SSSR count). The number of benzene rings is 4. The molecule has 2 heteroatoms. The molecule has 0 saturated heterocycles. The maximum atomic E-state index is 2.55. The Labute approximate surface area is 291 Å². The van der Waals surface area contributed by atoms with Gasteiger partial charge in [0, 0.05) is 5.40 Å². The van der Waals surface area contributed by atoms with Crippen LogP contribution in [-0.2, 0) is 25.7 Å². The van der Waals surface area contributed by atoms with Crippen molar-refractivity contribution in [2.24, 2.45) is 0 Å². The summed E-state index contributed by atoms with van der Waals surface area (Å²) in [5, 5.41) is 7.21. The van der Waals surface area contributed by atoms with Gasteiger partial charge in [-0.3, -0.25) is 0 Å². The van der Waals surface area contributed by atoms with Crippen molar-refractivity contribution in [1.82, 2.24) is 0 Å². The summed E-state index contributed by atoms with van der Waals surface area (Å²) in [6.07, 6.45) is 18.5. The van der Waals surface area contributed by atoms with E-state index in [1.807, 2.05) is 0 Å². The van der Waals surface area contributed by atoms with Gasteiger partial charge in [-0.2, -0.15) is 0 Å². The first kappa shape index (κ1) is 37.6. The van der Waals surface area contributed by atoms with Crippen molar-refractivity contribution < 1.29 is 0 Å². The van der Waals surface area contributed by atoms with E-state index in [0.717, 1.165) is 0 Å². The second-order valence-corrected chi connectivity index (χ2v) is 18.4. The Hall–Kier alpha value is -2.26. The third-order valence-corrected chi connectivity index (χ3v) is 16.5. The van der Waals surface area contributed by atoms with Crippen LogP contribution in [-0.4, -0.2) is 5.40 Å². The molecule has 0 heterocycles. The molecule has 47 heavy (non-hydrogen) atoms. The lowest BCUT2D eigenvalue weighted by Crippen LogP contribution is -2.32. The predicted octanol–water partition coefficient (Wildman–Crippen LogP) is 12.1. The van der Waals surface area contributed by atoms with Crippen molar-refractivity contribution in [2.45, 2.75) is 136 Å². The van der Waals surface area contributed by atoms with Crippen LogP contribution in [0.4, 0.5) is 0 Å². The van der Waals surface area contributed by atoms with E-state index in [1.165, 1.54) is 96.3 Å². The van der Waals surface area contributed by atoms with E-state index >= 15 is 0 Å². The highest BCUT2D eigenvalue weighted by Gasteiger charge is 2.36. The van der Waals surface area contributed by atoms with Gasteiger partial charge in [0.2, 0.25) is 0 Å². The van der Waals surface area contributed by atoms with Gasteiger partial charge in [-0.15, -0.1) is 0 Å². The van der Waals surface area contributed by atoms with Crippen molar-refractivity contribution >= 4 is 37.1 Å². The van der Waals surface area contributed by atoms with Crippen LogP contribution < -0.4 is 21.2 Å². The van der Waals surface area contributed by atoms with Crippen LogP contribution in [0.2, 0.25) is 0 Å². The van der Waals surface area contributed by atoms with Crippen molar-refractivity contribution in [3.63, 3.8) is 0 Å². The van der Waals surface area contributed by atoms with Gasteiger partial charge in [-0.05, 0) is 117 Å². The molecule has 4 aromatic carbocycles. The lowest BCUT2D eigenvalue weighted by Gasteiger charge is -2.39. The fourth-order valence-electron chi connectivity index (χ4n) is 6.96. The molecular weight excluding hydrogens is 602 g/mol. The summed E-state index contributed by atoms with van der Waals surface area (Å²) >= 11 is 0. The molecule has 0 aliphatic rings. The molecule has 4 aromatic rings. The van der Waals surface area contributed by atoms with E-state index in [0.29, 0.717) is 5.40 Å². The molecule has 0 atom stereocenters. The number of aryl methyl sites for hydroxylation is 4. The Morgan fingerprint density at radius 1 is 0.362 bits per heavy atom. The number of rotatable bonds is 21. The highest BCUT2D eigenvalue weighted by molar-refractivity contribution is 7.89. The van der Waals surface area contributed by atoms with E-state index in [1.54, 1.807) is 43.5 Å². The van der Waals surface area contributed by atoms with Gasteiger partial charge in [0.1, 0.15) is 0 Å². The zero-order chi connectivity index (χ0) is 33.3. The number of unbranched alkanes of at least 4 members (excludes halogenated alkanes) is 5. The molecule has 252 valence electrons. The van der Waals surface area contributed by atoms with E-state index in [2.05, 4.69) is 132 Å². The summed E-state index contributed by atoms with van der Waals surface area (Å²) in [5.74, 6) is 0. The van der Waals surface area contributed by atoms with Crippen LogP contribution in [0.15, 0.2) is 97.1 Å². The van der Waals surface area contributed by atoms with Gasteiger partial charge in [0.25, 0.3) is 0 Å². The second-order valence-electron chi connectivity index (χ2n) is 13.3. The van der Waals surface area contributed by atoms with Gasteiger partial charge < -0.3 is 0 Å². The largest absolute Gasteiger partial charge is 0.0654 e. The molecule has 0 aromatic heterocycles. The summed E-state index contributed by atoms with van der Waals surface area (Å²) < 4.78 is 0. The van der Waals surface area contributed by atoms with Crippen LogP contribution in [0.5, 0.6) is 0 Å². The zero-order valence-corrected chi connectivity index (χ0v) is 32.1. The highest BCUT2D eigenvalue weighted by Crippen LogP contribution is 2.60. The SMILES string of the molecule is CCCCc1ccccc1P(c1ccccc1CCCC)C(CCCC)P(c1ccccc1CCCC)c1ccccc1CCCC. The molecule has 0 amide bonds. The average Bonchev–Trinajstić information content (AvgIpc) is 3.12. The average molecular weight is 665 g/mol. The highest BCUT2D eigenvalue weighted by atomic mass is 31.2. The number of hydrogen-bond acceptors (Lipinski definition) is 0. The van der Waals surface area contributed by atoms with E-state index in [4.69, 9.17) is 0 Å². The summed E-state index contributed by atoms with van der Waals surface area (Å²) in [7, 11) is -1.22. The molecule has 0 spiro atoms. The van der Waals surface area contributed by atoms with Crippen molar-refractivity contribution in [2.75, 3.05) is 0 Å². The van der Waals surface area contributed by atoms with Crippen LogP contribution in [0.3, 0.4) is 0 Å². The molecule has 0 bridgehead atoms. The van der Waals surface area contributed by atoms with Crippen molar-refractivity contribution in [1.29, 1.82) is 0 Å². The Bertz CT molecular complexity index is 1250. The molecule has 0 aliphatic heterocycles. The fourth-order valence-corrected chi connectivity index (χ4v) is 15.0. The molecule has 0 nitrogen and oxygen atoms in total. The molecule has 0 saturated carbocycles. The molecule has 0 fully saturated rings. The topological polar surface area (TPSA) is 0 Å². The Morgan fingerprint density at radius 3 is 0.872 bits per heavy atom. The first-order chi connectivity index (χ1) is 23.2. The Morgan fingerprint density at radius 2 is 0.617 bits per heavy atom. The number of hydrogen-bond donors (Lipinski definition) is 0. The third kappa shape index (κ3) is 10.4. The van der Waals surface area contributed by atoms with Crippen LogP contribution >= 0.6 is 15.8 Å². The minimum absolute atomic E-state index is 0.580. The van der Waals surface area contributed by atoms with Crippen LogP contribution in [0.1, 0.15) is 128 Å². The monoisotopic (exact) mass is 664 g/mol. The van der Waals surface area contributed by atoms with Crippen molar-refractivity contribution in [3.05, 3.63) is 119 Å². The Kier molecular flexibility index (Phi) is 16.7. The van der Waals surface area contributed by atoms with E-state index in [-0.39, 0.29) is 0 Å². The standard InChI is InChI=1S/C45H62P2/c1-6-11-24-37-28-16-20-32-41(37)46(42-33-21-17-29-38(42)25-12-7-2)45(36-15-10-5)47(43-34-22-18-30-39(43)26-13-8-3)44-35-23-19-31-40(44)27-14-9-4/h16-23,28-35,45H,6-15,24-27,36H2,1-5H3. The summed E-state index contributed by atoms with van der Waals surface area (Å²) in [5.41, 5.74) is 6.39. The smallest absolute Gasteiger partial charge is 0.0155 e. The first-order valence-corrected chi connectivity index (χ1v) is 21.9. The normalized spacial score (nSPS) is 11.7. The molecule has 0 N–H and O–H groups in total. The van der Waals surface area contributed by atoms with Gasteiger partial charge in [-0.25, -0.2) is 0 Å². The van der Waals surface area contributed by atoms with Crippen LogP contribution in [0.25, 0.3) is 0 Å². The maximum Gasteiger partial charge on any atom is 0.0155 e. The minimum Gasteiger partial charge on any atom is -0.0654 e. The van der Waals surface area contributed by atoms with E-state index < -0.39 is 15.8 Å². The molecule has 0 unspecified atom stereocenters. The zero-order valence-electron chi connectivity index (χ0n) is 30.3. The van der Waals surface area contributed by atoms with Gasteiger partial charge in [0.15, 0.2) is 0 Å². The van der Waals surface area contributed by atoms with E-state index in [9.17, 15) is 0 Å². The summed E-state index contributed by atoms with van der Waals surface area (Å²) in [6, 6.07) is 38.7. The quantitative estimate of drug-likeness (QED) is 0.0778. The lowest BCUT2D eigenvalue weighted by molar-refractivity contribution is 0.758. The van der Waals surface area contributed by atoms with Crippen molar-refractivity contribution in [3.8, 4) is 0 Å². The second kappa shape index (κ2) is 21.0. The molecule has 0 radical (unpaired) electrons. The van der Waals surface area contributed by atoms with Gasteiger partial charge >= 0.3 is 0 Å². The Balaban J connectivity index is 2.07. The maximum absolute atomic E-state index is 2.55. The van der Waals surface area contributed by atoms with Crippen LogP contribution in [0, 0.1) is 0 Å². The van der Waals surface area contributed by atoms with Gasteiger partial charge in [0.05, 0.1) is 0 Å².